The van der Waals surface area contributed by atoms with Crippen LogP contribution in [0.25, 0.3) is 0 Å². The molecule has 1 heterocycles. The van der Waals surface area contributed by atoms with Gasteiger partial charge < -0.3 is 5.73 Å². The van der Waals surface area contributed by atoms with Gasteiger partial charge in [0.05, 0.1) is 0 Å². The Balaban J connectivity index is 2.04. The summed E-state index contributed by atoms with van der Waals surface area (Å²) >= 11 is 0. The van der Waals surface area contributed by atoms with Crippen LogP contribution in [0.15, 0.2) is 24.3 Å². The van der Waals surface area contributed by atoms with Crippen LogP contribution in [0.4, 0.5) is 8.78 Å². The number of piperidine rings is 1. The van der Waals surface area contributed by atoms with Crippen LogP contribution in [0.3, 0.4) is 0 Å². The molecule has 0 radical (unpaired) electrons. The van der Waals surface area contributed by atoms with Gasteiger partial charge in [0.1, 0.15) is 0 Å². The number of hydrogen-bond acceptors (Lipinski definition) is 2. The van der Waals surface area contributed by atoms with Gasteiger partial charge in [-0.2, -0.15) is 0 Å². The number of halogens is 2. The average molecular weight is 282 g/mol. The molecular weight excluding hydrogens is 258 g/mol. The van der Waals surface area contributed by atoms with Crippen molar-refractivity contribution in [3.8, 4) is 0 Å². The number of benzene rings is 1. The number of alkyl halides is 2. The van der Waals surface area contributed by atoms with E-state index in [0.29, 0.717) is 6.54 Å². The van der Waals surface area contributed by atoms with Crippen LogP contribution in [0.2, 0.25) is 0 Å². The molecule has 0 aliphatic carbocycles. The van der Waals surface area contributed by atoms with Gasteiger partial charge >= 0.3 is 0 Å². The monoisotopic (exact) mass is 282 g/mol. The number of hydrogen-bond donors (Lipinski definition) is 1. The zero-order chi connectivity index (χ0) is 14.5. The van der Waals surface area contributed by atoms with Crippen molar-refractivity contribution >= 4 is 0 Å². The maximum absolute atomic E-state index is 12.6. The Morgan fingerprint density at radius 3 is 2.15 bits per heavy atom. The molecule has 1 aliphatic rings. The van der Waals surface area contributed by atoms with Crippen LogP contribution in [-0.2, 0) is 0 Å². The molecule has 1 unspecified atom stereocenters. The molecule has 1 fully saturated rings. The summed E-state index contributed by atoms with van der Waals surface area (Å²) in [7, 11) is 0. The first-order valence-electron chi connectivity index (χ1n) is 7.47. The second-order valence-corrected chi connectivity index (χ2v) is 5.61. The molecule has 1 aromatic carbocycles. The van der Waals surface area contributed by atoms with Gasteiger partial charge in [0, 0.05) is 18.2 Å². The van der Waals surface area contributed by atoms with Crippen LogP contribution in [0.5, 0.6) is 0 Å². The fraction of sp³-hybridized carbons (Fsp3) is 0.625. The summed E-state index contributed by atoms with van der Waals surface area (Å²) in [6, 6.07) is 6.78. The SMILES string of the molecule is CCC1CCN(C(CN)c2ccc(C(F)F)cc2)CC1. The molecule has 2 rings (SSSR count). The first-order chi connectivity index (χ1) is 9.65. The molecule has 0 bridgehead atoms. The van der Waals surface area contributed by atoms with E-state index in [1.54, 1.807) is 12.1 Å². The molecule has 1 atom stereocenters. The zero-order valence-corrected chi connectivity index (χ0v) is 12.1. The third kappa shape index (κ3) is 3.55. The highest BCUT2D eigenvalue weighted by Gasteiger charge is 2.24. The maximum Gasteiger partial charge on any atom is 0.263 e. The van der Waals surface area contributed by atoms with Gasteiger partial charge in [0.2, 0.25) is 0 Å². The van der Waals surface area contributed by atoms with Crippen molar-refractivity contribution in [2.24, 2.45) is 11.7 Å². The quantitative estimate of drug-likeness (QED) is 0.891. The summed E-state index contributed by atoms with van der Waals surface area (Å²) in [6.07, 6.45) is 1.26. The smallest absolute Gasteiger partial charge is 0.263 e. The van der Waals surface area contributed by atoms with Gasteiger partial charge in [0.15, 0.2) is 0 Å². The molecule has 1 aliphatic heterocycles. The van der Waals surface area contributed by atoms with E-state index in [1.165, 1.54) is 31.4 Å². The standard InChI is InChI=1S/C16H24F2N2/c1-2-12-7-9-20(10-8-12)15(11-19)13-3-5-14(6-4-13)16(17)18/h3-6,12,15-16H,2,7-11,19H2,1H3. The summed E-state index contributed by atoms with van der Waals surface area (Å²) in [5, 5.41) is 0. The minimum absolute atomic E-state index is 0.0780. The van der Waals surface area contributed by atoms with Crippen LogP contribution < -0.4 is 5.73 Å². The first kappa shape index (κ1) is 15.4. The van der Waals surface area contributed by atoms with Crippen molar-refractivity contribution in [1.29, 1.82) is 0 Å². The lowest BCUT2D eigenvalue weighted by atomic mass is 9.92. The van der Waals surface area contributed by atoms with Crippen LogP contribution in [-0.4, -0.2) is 24.5 Å². The molecule has 2 nitrogen and oxygen atoms in total. The van der Waals surface area contributed by atoms with E-state index in [9.17, 15) is 8.78 Å². The molecular formula is C16H24F2N2. The van der Waals surface area contributed by atoms with E-state index < -0.39 is 6.43 Å². The van der Waals surface area contributed by atoms with Gasteiger partial charge in [-0.1, -0.05) is 37.6 Å². The zero-order valence-electron chi connectivity index (χ0n) is 12.1. The van der Waals surface area contributed by atoms with Gasteiger partial charge in [-0.25, -0.2) is 8.78 Å². The molecule has 1 saturated heterocycles. The normalized spacial score (nSPS) is 19.4. The van der Waals surface area contributed by atoms with Crippen molar-refractivity contribution in [2.75, 3.05) is 19.6 Å². The molecule has 0 amide bonds. The van der Waals surface area contributed by atoms with Crippen LogP contribution in [0, 0.1) is 5.92 Å². The Bertz CT molecular complexity index is 397. The van der Waals surface area contributed by atoms with Crippen molar-refractivity contribution < 1.29 is 8.78 Å². The first-order valence-corrected chi connectivity index (χ1v) is 7.47. The number of nitrogens with zero attached hydrogens (tertiary/aromatic N) is 1. The fourth-order valence-electron chi connectivity index (χ4n) is 3.03. The fourth-order valence-corrected chi connectivity index (χ4v) is 3.03. The maximum atomic E-state index is 12.6. The number of likely N-dealkylation sites (tertiary alicyclic amines) is 1. The predicted octanol–water partition coefficient (Wildman–Crippen LogP) is 3.75. The molecule has 0 aromatic heterocycles. The second kappa shape index (κ2) is 7.14. The molecule has 20 heavy (non-hydrogen) atoms. The Hall–Kier alpha value is -1.00. The highest BCUT2D eigenvalue weighted by atomic mass is 19.3. The molecule has 0 spiro atoms. The average Bonchev–Trinajstić information content (AvgIpc) is 2.49. The second-order valence-electron chi connectivity index (χ2n) is 5.61. The Labute approximate surface area is 120 Å². The van der Waals surface area contributed by atoms with Crippen molar-refractivity contribution in [3.05, 3.63) is 35.4 Å². The van der Waals surface area contributed by atoms with Crippen LogP contribution in [0.1, 0.15) is 49.8 Å². The topological polar surface area (TPSA) is 29.3 Å². The lowest BCUT2D eigenvalue weighted by Gasteiger charge is -2.37. The van der Waals surface area contributed by atoms with Crippen molar-refractivity contribution in [3.63, 3.8) is 0 Å². The minimum Gasteiger partial charge on any atom is -0.329 e. The summed E-state index contributed by atoms with van der Waals surface area (Å²) in [4.78, 5) is 2.39. The van der Waals surface area contributed by atoms with E-state index in [4.69, 9.17) is 5.73 Å². The molecule has 4 heteroatoms. The van der Waals surface area contributed by atoms with E-state index in [0.717, 1.165) is 24.6 Å². The molecule has 112 valence electrons. The highest BCUT2D eigenvalue weighted by molar-refractivity contribution is 5.26. The van der Waals surface area contributed by atoms with E-state index in [-0.39, 0.29) is 11.6 Å². The van der Waals surface area contributed by atoms with Gasteiger partial charge in [-0.05, 0) is 37.4 Å². The van der Waals surface area contributed by atoms with Crippen molar-refractivity contribution in [2.45, 2.75) is 38.7 Å². The van der Waals surface area contributed by atoms with E-state index >= 15 is 0 Å². The summed E-state index contributed by atoms with van der Waals surface area (Å²) < 4.78 is 25.2. The van der Waals surface area contributed by atoms with Gasteiger partial charge in [-0.3, -0.25) is 4.90 Å². The van der Waals surface area contributed by atoms with E-state index in [2.05, 4.69) is 11.8 Å². The Morgan fingerprint density at radius 1 is 1.15 bits per heavy atom. The summed E-state index contributed by atoms with van der Waals surface area (Å²) in [5.74, 6) is 0.825. The highest BCUT2D eigenvalue weighted by Crippen LogP contribution is 2.28. The van der Waals surface area contributed by atoms with Crippen molar-refractivity contribution in [1.82, 2.24) is 4.90 Å². The third-order valence-electron chi connectivity index (χ3n) is 4.46. The van der Waals surface area contributed by atoms with Crippen LogP contribution >= 0.6 is 0 Å². The molecule has 2 N–H and O–H groups in total. The van der Waals surface area contributed by atoms with Gasteiger partial charge in [0.25, 0.3) is 6.43 Å². The number of nitrogens with two attached hydrogens (primary N) is 1. The Morgan fingerprint density at radius 2 is 1.70 bits per heavy atom. The molecule has 0 saturated carbocycles. The summed E-state index contributed by atoms with van der Waals surface area (Å²) in [6.45, 7) is 4.88. The minimum atomic E-state index is -2.40. The number of rotatable bonds is 5. The van der Waals surface area contributed by atoms with Gasteiger partial charge in [-0.15, -0.1) is 0 Å². The lowest BCUT2D eigenvalue weighted by Crippen LogP contribution is -2.39. The van der Waals surface area contributed by atoms with E-state index in [1.807, 2.05) is 0 Å². The predicted molar refractivity (Wildman–Crippen MR) is 77.8 cm³/mol. The largest absolute Gasteiger partial charge is 0.329 e. The molecule has 1 aromatic rings. The Kier molecular flexibility index (Phi) is 5.49. The third-order valence-corrected chi connectivity index (χ3v) is 4.46. The lowest BCUT2D eigenvalue weighted by molar-refractivity contribution is 0.133. The summed E-state index contributed by atoms with van der Waals surface area (Å²) in [5.41, 5.74) is 7.04.